The molecule has 0 aliphatic heterocycles. The van der Waals surface area contributed by atoms with Gasteiger partial charge in [-0.05, 0) is 19.3 Å². The summed E-state index contributed by atoms with van der Waals surface area (Å²) in [5.74, 6) is 5.70. The predicted octanol–water partition coefficient (Wildman–Crippen LogP) is 1.53. The molecule has 0 aromatic carbocycles. The van der Waals surface area contributed by atoms with Gasteiger partial charge in [0.1, 0.15) is 12.4 Å². The summed E-state index contributed by atoms with van der Waals surface area (Å²) in [4.78, 5) is 10.6. The second-order valence-corrected chi connectivity index (χ2v) is 5.40. The molecule has 0 heterocycles. The van der Waals surface area contributed by atoms with Crippen LogP contribution in [-0.2, 0) is 9.53 Å². The highest BCUT2D eigenvalue weighted by atomic mass is 16.5. The van der Waals surface area contributed by atoms with Gasteiger partial charge in [0.05, 0.1) is 12.7 Å². The van der Waals surface area contributed by atoms with Crippen LogP contribution in [0, 0.1) is 23.7 Å². The van der Waals surface area contributed by atoms with Gasteiger partial charge in [-0.3, -0.25) is 0 Å². The molecule has 0 spiro atoms. The first-order valence-electron chi connectivity index (χ1n) is 7.57. The SMILES string of the molecule is CCCCCOCC(O)C#C[C@@H]1CC[C@@H](O)[C@H]1CC=O. The number of aliphatic hydroxyl groups excluding tert-OH is 2. The maximum atomic E-state index is 10.6. The first-order valence-corrected chi connectivity index (χ1v) is 7.57. The minimum absolute atomic E-state index is 0.00458. The molecule has 2 N–H and O–H groups in total. The molecule has 1 rings (SSSR count). The molecule has 0 saturated heterocycles. The third-order valence-electron chi connectivity index (χ3n) is 3.76. The van der Waals surface area contributed by atoms with Crippen molar-refractivity contribution in [3.63, 3.8) is 0 Å². The van der Waals surface area contributed by atoms with Crippen LogP contribution in [0.15, 0.2) is 0 Å². The summed E-state index contributed by atoms with van der Waals surface area (Å²) in [6, 6.07) is 0. The van der Waals surface area contributed by atoms with Gasteiger partial charge in [-0.15, -0.1) is 0 Å². The second-order valence-electron chi connectivity index (χ2n) is 5.40. The molecule has 0 radical (unpaired) electrons. The highest BCUT2D eigenvalue weighted by Crippen LogP contribution is 2.33. The van der Waals surface area contributed by atoms with Crippen molar-refractivity contribution < 1.29 is 19.7 Å². The van der Waals surface area contributed by atoms with Gasteiger partial charge in [0.15, 0.2) is 0 Å². The maximum Gasteiger partial charge on any atom is 0.137 e. The van der Waals surface area contributed by atoms with E-state index < -0.39 is 12.2 Å². The summed E-state index contributed by atoms with van der Waals surface area (Å²) >= 11 is 0. The van der Waals surface area contributed by atoms with Gasteiger partial charge in [0, 0.05) is 24.9 Å². The van der Waals surface area contributed by atoms with Gasteiger partial charge in [-0.2, -0.15) is 0 Å². The predicted molar refractivity (Wildman–Crippen MR) is 77.0 cm³/mol. The largest absolute Gasteiger partial charge is 0.393 e. The number of aldehydes is 1. The zero-order chi connectivity index (χ0) is 14.8. The van der Waals surface area contributed by atoms with Crippen LogP contribution >= 0.6 is 0 Å². The first-order chi connectivity index (χ1) is 9.69. The molecular formula is C16H26O4. The Balaban J connectivity index is 2.30. The molecule has 0 aromatic heterocycles. The summed E-state index contributed by atoms with van der Waals surface area (Å²) < 4.78 is 5.35. The van der Waals surface area contributed by atoms with Crippen LogP contribution in [0.3, 0.4) is 0 Å². The van der Waals surface area contributed by atoms with Crippen LogP contribution in [0.5, 0.6) is 0 Å². The van der Waals surface area contributed by atoms with Crippen molar-refractivity contribution in [2.24, 2.45) is 11.8 Å². The molecule has 0 aromatic rings. The molecule has 1 aliphatic rings. The van der Waals surface area contributed by atoms with Gasteiger partial charge in [-0.25, -0.2) is 0 Å². The molecule has 4 nitrogen and oxygen atoms in total. The molecule has 4 atom stereocenters. The molecule has 4 heteroatoms. The van der Waals surface area contributed by atoms with Crippen LogP contribution in [0.25, 0.3) is 0 Å². The Morgan fingerprint density at radius 1 is 1.40 bits per heavy atom. The van der Waals surface area contributed by atoms with E-state index in [9.17, 15) is 15.0 Å². The molecule has 0 amide bonds. The van der Waals surface area contributed by atoms with Gasteiger partial charge in [0.2, 0.25) is 0 Å². The Hall–Kier alpha value is -0.890. The first kappa shape index (κ1) is 17.2. The summed E-state index contributed by atoms with van der Waals surface area (Å²) in [5, 5.41) is 19.5. The maximum absolute atomic E-state index is 10.6. The van der Waals surface area contributed by atoms with E-state index in [0.717, 1.165) is 32.0 Å². The van der Waals surface area contributed by atoms with E-state index in [1.165, 1.54) is 0 Å². The minimum Gasteiger partial charge on any atom is -0.393 e. The number of hydrogen-bond acceptors (Lipinski definition) is 4. The molecule has 1 unspecified atom stereocenters. The average molecular weight is 282 g/mol. The number of rotatable bonds is 8. The van der Waals surface area contributed by atoms with Gasteiger partial charge >= 0.3 is 0 Å². The quantitative estimate of drug-likeness (QED) is 0.402. The van der Waals surface area contributed by atoms with E-state index >= 15 is 0 Å². The lowest BCUT2D eigenvalue weighted by Gasteiger charge is -2.15. The molecular weight excluding hydrogens is 256 g/mol. The van der Waals surface area contributed by atoms with Crippen LogP contribution < -0.4 is 0 Å². The highest BCUT2D eigenvalue weighted by molar-refractivity contribution is 5.50. The standard InChI is InChI=1S/C16H26O4/c1-2-3-4-11-20-12-14(18)7-5-13-6-8-16(19)15(13)9-10-17/h10,13-16,18-19H,2-4,6,8-9,11-12H2,1H3/t13-,14?,15+,16-/m1/s1. The summed E-state index contributed by atoms with van der Waals surface area (Å²) in [7, 11) is 0. The van der Waals surface area contributed by atoms with Crippen molar-refractivity contribution in [2.75, 3.05) is 13.2 Å². The van der Waals surface area contributed by atoms with E-state index in [0.29, 0.717) is 19.4 Å². The van der Waals surface area contributed by atoms with Crippen LogP contribution in [-0.4, -0.2) is 41.9 Å². The van der Waals surface area contributed by atoms with Crippen LogP contribution in [0.4, 0.5) is 0 Å². The summed E-state index contributed by atoms with van der Waals surface area (Å²) in [6.45, 7) is 3.01. The number of unbranched alkanes of at least 4 members (excludes halogenated alkanes) is 2. The van der Waals surface area contributed by atoms with Crippen molar-refractivity contribution in [1.29, 1.82) is 0 Å². The van der Waals surface area contributed by atoms with Crippen LogP contribution in [0.2, 0.25) is 0 Å². The van der Waals surface area contributed by atoms with E-state index in [4.69, 9.17) is 4.74 Å². The smallest absolute Gasteiger partial charge is 0.137 e. The van der Waals surface area contributed by atoms with Crippen molar-refractivity contribution in [1.82, 2.24) is 0 Å². The fourth-order valence-corrected chi connectivity index (χ4v) is 2.55. The van der Waals surface area contributed by atoms with E-state index in [1.54, 1.807) is 0 Å². The molecule has 1 saturated carbocycles. The van der Waals surface area contributed by atoms with Gasteiger partial charge in [0.25, 0.3) is 0 Å². The lowest BCUT2D eigenvalue weighted by atomic mass is 9.92. The molecule has 20 heavy (non-hydrogen) atoms. The normalized spacial score (nSPS) is 26.9. The van der Waals surface area contributed by atoms with Crippen LogP contribution in [0.1, 0.15) is 45.4 Å². The zero-order valence-corrected chi connectivity index (χ0v) is 12.3. The lowest BCUT2D eigenvalue weighted by Crippen LogP contribution is -2.19. The average Bonchev–Trinajstić information content (AvgIpc) is 2.78. The van der Waals surface area contributed by atoms with Crippen molar-refractivity contribution in [3.8, 4) is 11.8 Å². The fourth-order valence-electron chi connectivity index (χ4n) is 2.55. The minimum atomic E-state index is -0.786. The van der Waals surface area contributed by atoms with Crippen molar-refractivity contribution in [2.45, 2.75) is 57.7 Å². The second kappa shape index (κ2) is 9.93. The Kier molecular flexibility index (Phi) is 8.52. The Bertz CT molecular complexity index is 331. The zero-order valence-electron chi connectivity index (χ0n) is 12.3. The fraction of sp³-hybridized carbons (Fsp3) is 0.812. The topological polar surface area (TPSA) is 66.8 Å². The molecule has 1 aliphatic carbocycles. The van der Waals surface area contributed by atoms with Gasteiger partial charge in [-0.1, -0.05) is 31.6 Å². The number of ether oxygens (including phenoxy) is 1. The Morgan fingerprint density at radius 3 is 2.90 bits per heavy atom. The van der Waals surface area contributed by atoms with E-state index in [1.807, 2.05) is 0 Å². The van der Waals surface area contributed by atoms with E-state index in [2.05, 4.69) is 18.8 Å². The number of hydrogen-bond donors (Lipinski definition) is 2. The molecule has 1 fully saturated rings. The molecule has 0 bridgehead atoms. The van der Waals surface area contributed by atoms with Crippen molar-refractivity contribution in [3.05, 3.63) is 0 Å². The third kappa shape index (κ3) is 6.04. The third-order valence-corrected chi connectivity index (χ3v) is 3.76. The Labute approximate surface area is 121 Å². The molecule has 114 valence electrons. The number of carbonyl (C=O) groups is 1. The number of aliphatic hydroxyl groups is 2. The van der Waals surface area contributed by atoms with Crippen molar-refractivity contribution >= 4 is 6.29 Å². The summed E-state index contributed by atoms with van der Waals surface area (Å²) in [6.07, 6.45) is 4.70. The summed E-state index contributed by atoms with van der Waals surface area (Å²) in [5.41, 5.74) is 0. The van der Waals surface area contributed by atoms with Gasteiger partial charge < -0.3 is 19.7 Å². The lowest BCUT2D eigenvalue weighted by molar-refractivity contribution is -0.109. The van der Waals surface area contributed by atoms with E-state index in [-0.39, 0.29) is 18.4 Å². The Morgan fingerprint density at radius 2 is 2.20 bits per heavy atom. The highest BCUT2D eigenvalue weighted by Gasteiger charge is 2.33. The number of carbonyl (C=O) groups excluding carboxylic acids is 1. The monoisotopic (exact) mass is 282 g/mol.